The summed E-state index contributed by atoms with van der Waals surface area (Å²) in [6, 6.07) is 0. The van der Waals surface area contributed by atoms with Crippen LogP contribution in [0.3, 0.4) is 0 Å². The smallest absolute Gasteiger partial charge is 0.306 e. The zero-order valence-corrected chi connectivity index (χ0v) is 45.4. The molecule has 0 saturated carbocycles. The first-order valence-corrected chi connectivity index (χ1v) is 29.6. The Balaban J connectivity index is 4.35. The van der Waals surface area contributed by atoms with Crippen molar-refractivity contribution < 1.29 is 28.6 Å². The number of unbranched alkanes of at least 4 members (excludes halogenated alkanes) is 35. The molecule has 0 rings (SSSR count). The monoisotopic (exact) mass is 953 g/mol. The van der Waals surface area contributed by atoms with Gasteiger partial charge in [-0.15, -0.1) is 0 Å². The molecular weight excluding hydrogens is 841 g/mol. The summed E-state index contributed by atoms with van der Waals surface area (Å²) in [5.41, 5.74) is 0. The molecule has 0 aliphatic carbocycles. The minimum absolute atomic E-state index is 0.0805. The number of hydrogen-bond acceptors (Lipinski definition) is 6. The molecule has 0 radical (unpaired) electrons. The molecule has 0 saturated heterocycles. The average Bonchev–Trinajstić information content (AvgIpc) is 3.34. The molecule has 6 nitrogen and oxygen atoms in total. The number of allylic oxidation sites excluding steroid dienone is 8. The van der Waals surface area contributed by atoms with Crippen LogP contribution in [0.1, 0.15) is 310 Å². The quantitative estimate of drug-likeness (QED) is 0.0262. The van der Waals surface area contributed by atoms with Crippen molar-refractivity contribution in [1.29, 1.82) is 0 Å². The van der Waals surface area contributed by atoms with Gasteiger partial charge in [0.15, 0.2) is 6.10 Å². The third-order valence-electron chi connectivity index (χ3n) is 13.1. The Labute approximate surface area is 422 Å². The molecule has 0 heterocycles. The summed E-state index contributed by atoms with van der Waals surface area (Å²) >= 11 is 0. The van der Waals surface area contributed by atoms with Crippen LogP contribution >= 0.6 is 0 Å². The maximum Gasteiger partial charge on any atom is 0.306 e. The molecule has 0 aromatic carbocycles. The molecule has 0 fully saturated rings. The number of esters is 3. The summed E-state index contributed by atoms with van der Waals surface area (Å²) in [5.74, 6) is -0.893. The SMILES string of the molecule is CCCC/C=C\C/C=C\CCCCCCCC(=O)OCC(COC(=O)CCCCCCCCCCCCCCCCCCCCCC)OC(=O)CCCCCCC/C=C\C/C=C\CCCCCC. The Hall–Kier alpha value is -2.63. The molecule has 0 spiro atoms. The van der Waals surface area contributed by atoms with E-state index in [1.165, 1.54) is 167 Å². The lowest BCUT2D eigenvalue weighted by Gasteiger charge is -2.18. The molecule has 68 heavy (non-hydrogen) atoms. The molecule has 0 N–H and O–H groups in total. The molecule has 6 heteroatoms. The third-order valence-corrected chi connectivity index (χ3v) is 13.1. The first-order valence-electron chi connectivity index (χ1n) is 29.6. The van der Waals surface area contributed by atoms with Crippen LogP contribution in [0.15, 0.2) is 48.6 Å². The van der Waals surface area contributed by atoms with Gasteiger partial charge in [-0.3, -0.25) is 14.4 Å². The van der Waals surface area contributed by atoms with Crippen LogP contribution in [0.25, 0.3) is 0 Å². The second kappa shape index (κ2) is 57.0. The molecular formula is C62H112O6. The first kappa shape index (κ1) is 65.4. The van der Waals surface area contributed by atoms with E-state index in [4.69, 9.17) is 14.2 Å². The largest absolute Gasteiger partial charge is 0.462 e. The summed E-state index contributed by atoms with van der Waals surface area (Å²) in [7, 11) is 0. The Morgan fingerprint density at radius 1 is 0.294 bits per heavy atom. The average molecular weight is 954 g/mol. The summed E-state index contributed by atoms with van der Waals surface area (Å²) in [6.07, 6.45) is 69.6. The normalized spacial score (nSPS) is 12.3. The fraction of sp³-hybridized carbons (Fsp3) is 0.823. The van der Waals surface area contributed by atoms with E-state index in [1.54, 1.807) is 0 Å². The standard InChI is InChI=1S/C62H112O6/c1-4-7-10-13-16-19-22-25-28-30-31-32-33-35-37-40-43-46-49-52-55-61(64)67-58-59(57-66-60(63)54-51-48-45-42-39-36-27-24-21-18-15-12-9-6-3)68-62(65)56-53-50-47-44-41-38-34-29-26-23-20-17-14-11-8-5-2/h15,18,20,23-24,27,29,34,59H,4-14,16-17,19,21-22,25-26,28,30-33,35-58H2,1-3H3/b18-15-,23-20-,27-24-,34-29-. The number of ether oxygens (including phenoxy) is 3. The summed E-state index contributed by atoms with van der Waals surface area (Å²) in [5, 5.41) is 0. The van der Waals surface area contributed by atoms with Gasteiger partial charge in [-0.2, -0.15) is 0 Å². The lowest BCUT2D eigenvalue weighted by molar-refractivity contribution is -0.167. The van der Waals surface area contributed by atoms with Gasteiger partial charge in [0.1, 0.15) is 13.2 Å². The predicted molar refractivity (Wildman–Crippen MR) is 293 cm³/mol. The van der Waals surface area contributed by atoms with Gasteiger partial charge < -0.3 is 14.2 Å². The van der Waals surface area contributed by atoms with Crippen molar-refractivity contribution >= 4 is 17.9 Å². The second-order valence-electron chi connectivity index (χ2n) is 19.9. The molecule has 0 aromatic heterocycles. The number of hydrogen-bond donors (Lipinski definition) is 0. The Morgan fingerprint density at radius 2 is 0.544 bits per heavy atom. The van der Waals surface area contributed by atoms with E-state index >= 15 is 0 Å². The Kier molecular flexibility index (Phi) is 54.8. The molecule has 396 valence electrons. The van der Waals surface area contributed by atoms with Crippen LogP contribution in [0, 0.1) is 0 Å². The second-order valence-corrected chi connectivity index (χ2v) is 19.9. The van der Waals surface area contributed by atoms with E-state index in [0.29, 0.717) is 19.3 Å². The van der Waals surface area contributed by atoms with Gasteiger partial charge in [0.2, 0.25) is 0 Å². The summed E-state index contributed by atoms with van der Waals surface area (Å²) in [6.45, 7) is 6.60. The summed E-state index contributed by atoms with van der Waals surface area (Å²) < 4.78 is 16.9. The van der Waals surface area contributed by atoms with E-state index in [2.05, 4.69) is 69.4 Å². The van der Waals surface area contributed by atoms with Crippen LogP contribution in [0.5, 0.6) is 0 Å². The number of rotatable bonds is 54. The van der Waals surface area contributed by atoms with Crippen LogP contribution in [0.4, 0.5) is 0 Å². The van der Waals surface area contributed by atoms with Crippen molar-refractivity contribution in [1.82, 2.24) is 0 Å². The molecule has 1 atom stereocenters. The Bertz CT molecular complexity index is 1190. The van der Waals surface area contributed by atoms with Gasteiger partial charge in [-0.25, -0.2) is 0 Å². The maximum absolute atomic E-state index is 12.9. The predicted octanol–water partition coefficient (Wildman–Crippen LogP) is 19.8. The highest BCUT2D eigenvalue weighted by Gasteiger charge is 2.19. The van der Waals surface area contributed by atoms with E-state index in [0.717, 1.165) is 103 Å². The van der Waals surface area contributed by atoms with Crippen molar-refractivity contribution in [2.24, 2.45) is 0 Å². The Morgan fingerprint density at radius 3 is 0.868 bits per heavy atom. The van der Waals surface area contributed by atoms with Crippen molar-refractivity contribution in [3.8, 4) is 0 Å². The topological polar surface area (TPSA) is 78.9 Å². The molecule has 0 aliphatic rings. The minimum Gasteiger partial charge on any atom is -0.462 e. The third kappa shape index (κ3) is 54.3. The molecule has 0 amide bonds. The van der Waals surface area contributed by atoms with Gasteiger partial charge in [0.05, 0.1) is 0 Å². The van der Waals surface area contributed by atoms with E-state index in [1.807, 2.05) is 0 Å². The van der Waals surface area contributed by atoms with Crippen LogP contribution < -0.4 is 0 Å². The van der Waals surface area contributed by atoms with Gasteiger partial charge in [-0.05, 0) is 77.0 Å². The van der Waals surface area contributed by atoms with Gasteiger partial charge in [0, 0.05) is 19.3 Å². The van der Waals surface area contributed by atoms with E-state index in [-0.39, 0.29) is 31.1 Å². The highest BCUT2D eigenvalue weighted by atomic mass is 16.6. The molecule has 0 bridgehead atoms. The van der Waals surface area contributed by atoms with Crippen LogP contribution in [-0.2, 0) is 28.6 Å². The van der Waals surface area contributed by atoms with E-state index in [9.17, 15) is 14.4 Å². The highest BCUT2D eigenvalue weighted by Crippen LogP contribution is 2.17. The van der Waals surface area contributed by atoms with Crippen molar-refractivity contribution in [3.63, 3.8) is 0 Å². The number of carbonyl (C=O) groups excluding carboxylic acids is 3. The lowest BCUT2D eigenvalue weighted by atomic mass is 10.0. The highest BCUT2D eigenvalue weighted by molar-refractivity contribution is 5.71. The number of carbonyl (C=O) groups is 3. The fourth-order valence-electron chi connectivity index (χ4n) is 8.55. The van der Waals surface area contributed by atoms with Crippen LogP contribution in [0.2, 0.25) is 0 Å². The van der Waals surface area contributed by atoms with Crippen molar-refractivity contribution in [2.75, 3.05) is 13.2 Å². The maximum atomic E-state index is 12.9. The van der Waals surface area contributed by atoms with Crippen molar-refractivity contribution in [3.05, 3.63) is 48.6 Å². The van der Waals surface area contributed by atoms with E-state index < -0.39 is 6.10 Å². The zero-order valence-electron chi connectivity index (χ0n) is 45.4. The molecule has 1 unspecified atom stereocenters. The summed E-state index contributed by atoms with van der Waals surface area (Å²) in [4.78, 5) is 38.2. The molecule has 0 aromatic rings. The zero-order chi connectivity index (χ0) is 49.3. The van der Waals surface area contributed by atoms with Crippen LogP contribution in [-0.4, -0.2) is 37.2 Å². The van der Waals surface area contributed by atoms with Gasteiger partial charge >= 0.3 is 17.9 Å². The first-order chi connectivity index (χ1) is 33.5. The lowest BCUT2D eigenvalue weighted by Crippen LogP contribution is -2.30. The molecule has 0 aliphatic heterocycles. The minimum atomic E-state index is -0.784. The van der Waals surface area contributed by atoms with Crippen molar-refractivity contribution in [2.45, 2.75) is 316 Å². The fourth-order valence-corrected chi connectivity index (χ4v) is 8.55. The van der Waals surface area contributed by atoms with Gasteiger partial charge in [0.25, 0.3) is 0 Å². The van der Waals surface area contributed by atoms with Gasteiger partial charge in [-0.1, -0.05) is 262 Å².